The summed E-state index contributed by atoms with van der Waals surface area (Å²) in [4.78, 5) is 0. The van der Waals surface area contributed by atoms with E-state index < -0.39 is 30.7 Å². The molecule has 4 N–H and O–H groups in total. The molecule has 0 aromatic heterocycles. The van der Waals surface area contributed by atoms with Gasteiger partial charge in [0, 0.05) is 0 Å². The van der Waals surface area contributed by atoms with Gasteiger partial charge in [-0.15, -0.1) is 6.58 Å². The van der Waals surface area contributed by atoms with E-state index in [1.54, 1.807) is 18.2 Å². The van der Waals surface area contributed by atoms with Gasteiger partial charge in [-0.25, -0.2) is 0 Å². The molecule has 6 heteroatoms. The van der Waals surface area contributed by atoms with Gasteiger partial charge in [-0.1, -0.05) is 24.3 Å². The van der Waals surface area contributed by atoms with Crippen LogP contribution >= 0.6 is 0 Å². The first-order chi connectivity index (χ1) is 10.5. The van der Waals surface area contributed by atoms with E-state index in [0.717, 1.165) is 11.1 Å². The predicted octanol–water partition coefficient (Wildman–Crippen LogP) is 0.170. The van der Waals surface area contributed by atoms with Crippen LogP contribution in [0.1, 0.15) is 22.8 Å². The fourth-order valence-corrected chi connectivity index (χ4v) is 2.41. The van der Waals surface area contributed by atoms with Crippen LogP contribution in [0.5, 0.6) is 0 Å². The van der Waals surface area contributed by atoms with Crippen molar-refractivity contribution in [2.75, 3.05) is 6.61 Å². The number of rotatable bonds is 5. The minimum absolute atomic E-state index is 0.377. The van der Waals surface area contributed by atoms with E-state index in [1.165, 1.54) is 0 Å². The van der Waals surface area contributed by atoms with Crippen molar-refractivity contribution in [3.8, 4) is 0 Å². The van der Waals surface area contributed by atoms with Gasteiger partial charge in [0.15, 0.2) is 6.29 Å². The van der Waals surface area contributed by atoms with Crippen molar-refractivity contribution < 1.29 is 29.9 Å². The summed E-state index contributed by atoms with van der Waals surface area (Å²) in [7, 11) is 0. The standard InChI is InChI=1S/C16H22O6/c1-3-6-21-8-11-7-10(5-4-9(11)2)15-13(18)12(17)14(19)16(20)22-15/h3-5,7,12-20H,1,6,8H2,2H3/t12-,13-,14+,15+,16?/m1/s1. The van der Waals surface area contributed by atoms with Crippen LogP contribution in [0.25, 0.3) is 0 Å². The number of ether oxygens (including phenoxy) is 2. The maximum Gasteiger partial charge on any atom is 0.184 e. The van der Waals surface area contributed by atoms with Crippen molar-refractivity contribution in [1.82, 2.24) is 0 Å². The highest BCUT2D eigenvalue weighted by molar-refractivity contribution is 5.33. The molecule has 0 radical (unpaired) electrons. The first kappa shape index (κ1) is 17.1. The molecule has 1 aliphatic heterocycles. The van der Waals surface area contributed by atoms with Gasteiger partial charge in [-0.3, -0.25) is 0 Å². The molecule has 0 bridgehead atoms. The van der Waals surface area contributed by atoms with Crippen LogP contribution in [0, 0.1) is 6.92 Å². The van der Waals surface area contributed by atoms with Gasteiger partial charge in [0.05, 0.1) is 13.2 Å². The van der Waals surface area contributed by atoms with Gasteiger partial charge < -0.3 is 29.9 Å². The monoisotopic (exact) mass is 310 g/mol. The van der Waals surface area contributed by atoms with Crippen molar-refractivity contribution in [2.24, 2.45) is 0 Å². The number of benzene rings is 1. The van der Waals surface area contributed by atoms with Gasteiger partial charge in [0.1, 0.15) is 24.4 Å². The lowest BCUT2D eigenvalue weighted by atomic mass is 9.92. The number of hydrogen-bond acceptors (Lipinski definition) is 6. The zero-order valence-electron chi connectivity index (χ0n) is 12.4. The van der Waals surface area contributed by atoms with E-state index in [0.29, 0.717) is 18.8 Å². The Bertz CT molecular complexity index is 517. The predicted molar refractivity (Wildman–Crippen MR) is 78.9 cm³/mol. The summed E-state index contributed by atoms with van der Waals surface area (Å²) in [5, 5.41) is 39.0. The minimum atomic E-state index is -1.55. The van der Waals surface area contributed by atoms with Crippen LogP contribution in [0.4, 0.5) is 0 Å². The zero-order chi connectivity index (χ0) is 16.3. The number of aliphatic hydroxyl groups is 4. The Hall–Kier alpha value is -1.28. The molecule has 5 atom stereocenters. The average Bonchev–Trinajstić information content (AvgIpc) is 2.51. The van der Waals surface area contributed by atoms with Crippen LogP contribution < -0.4 is 0 Å². The third-order valence-electron chi connectivity index (χ3n) is 3.78. The number of aliphatic hydroxyl groups excluding tert-OH is 4. The Morgan fingerprint density at radius 1 is 1.18 bits per heavy atom. The Morgan fingerprint density at radius 3 is 2.59 bits per heavy atom. The van der Waals surface area contributed by atoms with E-state index in [1.807, 2.05) is 13.0 Å². The van der Waals surface area contributed by atoms with Crippen molar-refractivity contribution in [2.45, 2.75) is 44.2 Å². The van der Waals surface area contributed by atoms with Gasteiger partial charge >= 0.3 is 0 Å². The molecule has 0 saturated carbocycles. The molecule has 1 aromatic rings. The molecule has 1 saturated heterocycles. The lowest BCUT2D eigenvalue weighted by molar-refractivity contribution is -0.284. The molecular weight excluding hydrogens is 288 g/mol. The Kier molecular flexibility index (Phi) is 5.69. The lowest BCUT2D eigenvalue weighted by Crippen LogP contribution is -2.54. The topological polar surface area (TPSA) is 99.4 Å². The summed E-state index contributed by atoms with van der Waals surface area (Å²) in [6.45, 7) is 6.32. The summed E-state index contributed by atoms with van der Waals surface area (Å²) < 4.78 is 10.6. The summed E-state index contributed by atoms with van der Waals surface area (Å²) in [5.41, 5.74) is 2.52. The van der Waals surface area contributed by atoms with Gasteiger partial charge in [-0.2, -0.15) is 0 Å². The molecular formula is C16H22O6. The summed E-state index contributed by atoms with van der Waals surface area (Å²) in [5.74, 6) is 0. The number of hydrogen-bond donors (Lipinski definition) is 4. The molecule has 1 heterocycles. The molecule has 1 aliphatic rings. The first-order valence-electron chi connectivity index (χ1n) is 7.11. The molecule has 1 aromatic carbocycles. The van der Waals surface area contributed by atoms with E-state index in [2.05, 4.69) is 6.58 Å². The van der Waals surface area contributed by atoms with Gasteiger partial charge in [0.25, 0.3) is 0 Å². The van der Waals surface area contributed by atoms with E-state index in [-0.39, 0.29) is 0 Å². The van der Waals surface area contributed by atoms with Crippen molar-refractivity contribution in [3.05, 3.63) is 47.5 Å². The summed E-state index contributed by atoms with van der Waals surface area (Å²) in [6.07, 6.45) is -5.16. The quantitative estimate of drug-likeness (QED) is 0.457. The fraction of sp³-hybridized carbons (Fsp3) is 0.500. The van der Waals surface area contributed by atoms with Crippen LogP contribution in [0.15, 0.2) is 30.9 Å². The second kappa shape index (κ2) is 7.32. The lowest BCUT2D eigenvalue weighted by Gasteiger charge is -2.38. The van der Waals surface area contributed by atoms with Crippen LogP contribution in [-0.2, 0) is 16.1 Å². The fourth-order valence-electron chi connectivity index (χ4n) is 2.41. The first-order valence-corrected chi connectivity index (χ1v) is 7.11. The van der Waals surface area contributed by atoms with Crippen LogP contribution in [-0.4, -0.2) is 51.6 Å². The molecule has 0 amide bonds. The van der Waals surface area contributed by atoms with E-state index in [4.69, 9.17) is 9.47 Å². The summed E-state index contributed by atoms with van der Waals surface area (Å²) in [6, 6.07) is 5.39. The molecule has 1 unspecified atom stereocenters. The van der Waals surface area contributed by atoms with E-state index in [9.17, 15) is 20.4 Å². The van der Waals surface area contributed by atoms with Gasteiger partial charge in [-0.05, 0) is 23.6 Å². The number of aryl methyl sites for hydroxylation is 1. The Labute approximate surface area is 129 Å². The second-order valence-corrected chi connectivity index (χ2v) is 5.41. The highest BCUT2D eigenvalue weighted by Gasteiger charge is 2.43. The second-order valence-electron chi connectivity index (χ2n) is 5.41. The zero-order valence-corrected chi connectivity index (χ0v) is 12.4. The third-order valence-corrected chi connectivity index (χ3v) is 3.78. The Morgan fingerprint density at radius 2 is 1.91 bits per heavy atom. The SMILES string of the molecule is C=CCOCc1cc([C@@H]2OC(O)[C@@H](O)[C@H](O)[C@H]2O)ccc1C. The molecule has 0 spiro atoms. The van der Waals surface area contributed by atoms with E-state index >= 15 is 0 Å². The molecule has 2 rings (SSSR count). The Balaban J connectivity index is 2.20. The molecule has 122 valence electrons. The molecule has 6 nitrogen and oxygen atoms in total. The molecule has 22 heavy (non-hydrogen) atoms. The van der Waals surface area contributed by atoms with Crippen LogP contribution in [0.3, 0.4) is 0 Å². The highest BCUT2D eigenvalue weighted by atomic mass is 16.6. The smallest absolute Gasteiger partial charge is 0.184 e. The van der Waals surface area contributed by atoms with Crippen molar-refractivity contribution >= 4 is 0 Å². The third kappa shape index (κ3) is 3.55. The highest BCUT2D eigenvalue weighted by Crippen LogP contribution is 2.32. The maximum absolute atomic E-state index is 10.1. The normalized spacial score (nSPS) is 32.0. The van der Waals surface area contributed by atoms with Crippen LogP contribution in [0.2, 0.25) is 0 Å². The minimum Gasteiger partial charge on any atom is -0.387 e. The van der Waals surface area contributed by atoms with Crippen molar-refractivity contribution in [1.29, 1.82) is 0 Å². The molecule has 0 aliphatic carbocycles. The average molecular weight is 310 g/mol. The summed E-state index contributed by atoms with van der Waals surface area (Å²) >= 11 is 0. The maximum atomic E-state index is 10.1. The van der Waals surface area contributed by atoms with Gasteiger partial charge in [0.2, 0.25) is 0 Å². The largest absolute Gasteiger partial charge is 0.387 e. The molecule has 1 fully saturated rings. The van der Waals surface area contributed by atoms with Crippen molar-refractivity contribution in [3.63, 3.8) is 0 Å².